The predicted molar refractivity (Wildman–Crippen MR) is 144 cm³/mol. The number of halogens is 1. The molecule has 3 N–H and O–H groups in total. The standard InChI is InChI=1S/C25H31FN8OS/c1-16-12-18-19(29-16)6-7-21(25(18)26)35-15-28-24(33-8-10-34(36-3)11-9-33)14-22(27-2)30-23-13-20(31-32-23)17-4-5-17/h6-7,12-14,17,29H,2,4-5,8-11,15H2,1,3H3,(H2,30,31,32)/b22-14+,28-24+. The van der Waals surface area contributed by atoms with Gasteiger partial charge in [0.1, 0.15) is 11.7 Å². The first kappa shape index (κ1) is 24.4. The van der Waals surface area contributed by atoms with Gasteiger partial charge in [0.25, 0.3) is 0 Å². The van der Waals surface area contributed by atoms with Crippen molar-refractivity contribution in [1.29, 1.82) is 0 Å². The predicted octanol–water partition coefficient (Wildman–Crippen LogP) is 4.50. The third-order valence-electron chi connectivity index (χ3n) is 6.41. The van der Waals surface area contributed by atoms with Gasteiger partial charge in [-0.1, -0.05) is 11.9 Å². The largest absolute Gasteiger partial charge is 0.468 e. The Morgan fingerprint density at radius 2 is 2.11 bits per heavy atom. The van der Waals surface area contributed by atoms with Gasteiger partial charge in [0.2, 0.25) is 0 Å². The fourth-order valence-electron chi connectivity index (χ4n) is 4.28. The molecule has 3 heterocycles. The van der Waals surface area contributed by atoms with Crippen LogP contribution in [0.5, 0.6) is 5.75 Å². The van der Waals surface area contributed by atoms with Crippen molar-refractivity contribution in [3.8, 4) is 5.75 Å². The molecule has 36 heavy (non-hydrogen) atoms. The smallest absolute Gasteiger partial charge is 0.181 e. The van der Waals surface area contributed by atoms with Gasteiger partial charge in [-0.15, -0.1) is 0 Å². The van der Waals surface area contributed by atoms with Crippen LogP contribution in [0.4, 0.5) is 10.2 Å². The van der Waals surface area contributed by atoms with Crippen LogP contribution in [0.15, 0.2) is 46.1 Å². The number of nitrogens with zero attached hydrogens (tertiary/aromatic N) is 5. The molecule has 11 heteroatoms. The van der Waals surface area contributed by atoms with E-state index in [-0.39, 0.29) is 12.5 Å². The number of piperazine rings is 1. The van der Waals surface area contributed by atoms with Gasteiger partial charge in [-0.3, -0.25) is 5.10 Å². The maximum absolute atomic E-state index is 14.9. The Morgan fingerprint density at radius 3 is 2.83 bits per heavy atom. The first-order chi connectivity index (χ1) is 17.5. The molecule has 1 aliphatic carbocycles. The van der Waals surface area contributed by atoms with E-state index in [1.54, 1.807) is 24.1 Å². The van der Waals surface area contributed by atoms with Gasteiger partial charge >= 0.3 is 0 Å². The van der Waals surface area contributed by atoms with Gasteiger partial charge < -0.3 is 19.9 Å². The van der Waals surface area contributed by atoms with Crippen LogP contribution in [-0.2, 0) is 0 Å². The topological polar surface area (TPSA) is 96.9 Å². The number of amidine groups is 1. The highest BCUT2D eigenvalue weighted by Crippen LogP contribution is 2.39. The van der Waals surface area contributed by atoms with Gasteiger partial charge in [0.05, 0.1) is 0 Å². The molecule has 5 rings (SSSR count). The van der Waals surface area contributed by atoms with Crippen molar-refractivity contribution in [2.45, 2.75) is 25.7 Å². The lowest BCUT2D eigenvalue weighted by Crippen LogP contribution is -2.46. The van der Waals surface area contributed by atoms with Crippen LogP contribution in [0, 0.1) is 12.7 Å². The van der Waals surface area contributed by atoms with E-state index in [1.165, 1.54) is 12.8 Å². The molecule has 0 bridgehead atoms. The van der Waals surface area contributed by atoms with Crippen molar-refractivity contribution in [3.63, 3.8) is 0 Å². The monoisotopic (exact) mass is 510 g/mol. The Bertz CT molecular complexity index is 1290. The maximum Gasteiger partial charge on any atom is 0.181 e. The number of aryl methyl sites for hydroxylation is 1. The summed E-state index contributed by atoms with van der Waals surface area (Å²) in [5.74, 6) is 2.28. The first-order valence-corrected chi connectivity index (χ1v) is 13.2. The normalized spacial score (nSPS) is 17.6. The molecule has 3 aromatic rings. The molecule has 0 atom stereocenters. The number of ether oxygens (including phenoxy) is 1. The number of aromatic amines is 2. The lowest BCUT2D eigenvalue weighted by Gasteiger charge is -2.34. The molecule has 9 nitrogen and oxygen atoms in total. The van der Waals surface area contributed by atoms with Crippen LogP contribution in [0.2, 0.25) is 0 Å². The Kier molecular flexibility index (Phi) is 7.28. The summed E-state index contributed by atoms with van der Waals surface area (Å²) in [7, 11) is 0. The number of hydrogen-bond donors (Lipinski definition) is 3. The first-order valence-electron chi connectivity index (χ1n) is 12.0. The Hall–Kier alpha value is -3.31. The van der Waals surface area contributed by atoms with E-state index in [2.05, 4.69) is 52.7 Å². The van der Waals surface area contributed by atoms with Gasteiger partial charge in [0, 0.05) is 66.5 Å². The van der Waals surface area contributed by atoms with Crippen molar-refractivity contribution in [1.82, 2.24) is 24.4 Å². The molecule has 1 aromatic carbocycles. The zero-order valence-corrected chi connectivity index (χ0v) is 21.4. The average Bonchev–Trinajstić information content (AvgIpc) is 3.51. The third-order valence-corrected chi connectivity index (χ3v) is 7.29. The molecule has 0 spiro atoms. The van der Waals surface area contributed by atoms with E-state index in [9.17, 15) is 4.39 Å². The minimum absolute atomic E-state index is 0.0287. The summed E-state index contributed by atoms with van der Waals surface area (Å²) in [6.45, 7) is 9.00. The van der Waals surface area contributed by atoms with Crippen molar-refractivity contribution >= 4 is 41.2 Å². The molecular weight excluding hydrogens is 479 g/mol. The van der Waals surface area contributed by atoms with Crippen molar-refractivity contribution in [2.75, 3.05) is 44.5 Å². The summed E-state index contributed by atoms with van der Waals surface area (Å²) in [5, 5.41) is 11.2. The van der Waals surface area contributed by atoms with Crippen LogP contribution < -0.4 is 10.1 Å². The fourth-order valence-corrected chi connectivity index (χ4v) is 4.81. The summed E-state index contributed by atoms with van der Waals surface area (Å²) in [5.41, 5.74) is 2.77. The molecule has 1 aliphatic heterocycles. The van der Waals surface area contributed by atoms with Crippen LogP contribution in [0.1, 0.15) is 30.1 Å². The Morgan fingerprint density at radius 1 is 1.31 bits per heavy atom. The highest BCUT2D eigenvalue weighted by atomic mass is 32.2. The summed E-state index contributed by atoms with van der Waals surface area (Å²) >= 11 is 1.74. The molecule has 0 amide bonds. The minimum atomic E-state index is -0.391. The van der Waals surface area contributed by atoms with Crippen molar-refractivity contribution in [2.24, 2.45) is 9.98 Å². The molecular formula is C25H31FN8OS. The number of H-pyrrole nitrogens is 2. The minimum Gasteiger partial charge on any atom is -0.468 e. The van der Waals surface area contributed by atoms with E-state index >= 15 is 0 Å². The second-order valence-electron chi connectivity index (χ2n) is 8.98. The van der Waals surface area contributed by atoms with Crippen LogP contribution in [-0.4, -0.2) is 76.1 Å². The zero-order valence-electron chi connectivity index (χ0n) is 20.6. The SMILES string of the molecule is C=N/C(=C\C(=N/COc1ccc2[nH]c(C)cc2c1F)N1CCN(SC)CC1)Nc1cc(C2CC2)[nH]n1. The number of fused-ring (bicyclic) bond motifs is 1. The summed E-state index contributed by atoms with van der Waals surface area (Å²) in [6.07, 6.45) is 6.31. The van der Waals surface area contributed by atoms with Crippen LogP contribution in [0.25, 0.3) is 10.9 Å². The van der Waals surface area contributed by atoms with E-state index in [4.69, 9.17) is 4.74 Å². The molecule has 2 fully saturated rings. The number of nitrogens with one attached hydrogen (secondary N) is 3. The highest BCUT2D eigenvalue weighted by molar-refractivity contribution is 7.96. The summed E-state index contributed by atoms with van der Waals surface area (Å²) in [4.78, 5) is 14.2. The second kappa shape index (κ2) is 10.8. The van der Waals surface area contributed by atoms with Crippen molar-refractivity contribution in [3.05, 3.63) is 53.4 Å². The van der Waals surface area contributed by atoms with E-state index in [0.29, 0.717) is 28.8 Å². The zero-order chi connectivity index (χ0) is 25.1. The number of aromatic nitrogens is 3. The second-order valence-corrected chi connectivity index (χ2v) is 9.86. The molecule has 190 valence electrons. The summed E-state index contributed by atoms with van der Waals surface area (Å²) in [6, 6.07) is 7.23. The fraction of sp³-hybridized carbons (Fsp3) is 0.400. The number of anilines is 1. The van der Waals surface area contributed by atoms with E-state index in [1.807, 2.05) is 25.1 Å². The maximum atomic E-state index is 14.9. The molecule has 0 unspecified atom stereocenters. The highest BCUT2D eigenvalue weighted by Gasteiger charge is 2.25. The number of benzene rings is 1. The lowest BCUT2D eigenvalue weighted by atomic mass is 10.2. The number of rotatable bonds is 9. The van der Waals surface area contributed by atoms with E-state index < -0.39 is 5.82 Å². The number of hydrogen-bond acceptors (Lipinski definition) is 7. The molecule has 1 saturated heterocycles. The van der Waals surface area contributed by atoms with E-state index in [0.717, 1.165) is 43.1 Å². The van der Waals surface area contributed by atoms with Crippen molar-refractivity contribution < 1.29 is 9.13 Å². The van der Waals surface area contributed by atoms with Gasteiger partial charge in [0.15, 0.2) is 24.1 Å². The van der Waals surface area contributed by atoms with Gasteiger partial charge in [-0.25, -0.2) is 18.7 Å². The number of aliphatic imine (C=N–C) groups is 2. The molecule has 0 radical (unpaired) electrons. The van der Waals surface area contributed by atoms with Gasteiger partial charge in [-0.2, -0.15) is 5.10 Å². The quantitative estimate of drug-likeness (QED) is 0.223. The van der Waals surface area contributed by atoms with Crippen LogP contribution in [0.3, 0.4) is 0 Å². The molecule has 2 aromatic heterocycles. The van der Waals surface area contributed by atoms with Crippen LogP contribution >= 0.6 is 11.9 Å². The lowest BCUT2D eigenvalue weighted by molar-refractivity contribution is 0.276. The molecule has 2 aliphatic rings. The average molecular weight is 511 g/mol. The molecule has 1 saturated carbocycles. The summed E-state index contributed by atoms with van der Waals surface area (Å²) < 4.78 is 23.0. The van der Waals surface area contributed by atoms with Gasteiger partial charge in [-0.05, 0) is 50.9 Å². The Balaban J connectivity index is 1.34. The Labute approximate surface area is 214 Å². The third kappa shape index (κ3) is 5.57.